The maximum absolute atomic E-state index is 14.9. The Morgan fingerprint density at radius 2 is 1.60 bits per heavy atom. The highest BCUT2D eigenvalue weighted by molar-refractivity contribution is 5.69. The minimum Gasteiger partial charge on any atom is -0.445 e. The Kier molecular flexibility index (Phi) is 9.80. The van der Waals surface area contributed by atoms with E-state index in [-0.39, 0.29) is 23.8 Å². The van der Waals surface area contributed by atoms with Crippen LogP contribution in [0.25, 0.3) is 11.3 Å². The molecule has 45 heavy (non-hydrogen) atoms. The van der Waals surface area contributed by atoms with Gasteiger partial charge in [-0.1, -0.05) is 60.7 Å². The summed E-state index contributed by atoms with van der Waals surface area (Å²) >= 11 is 0. The van der Waals surface area contributed by atoms with E-state index in [1.165, 1.54) is 0 Å². The van der Waals surface area contributed by atoms with E-state index < -0.39 is 35.5 Å². The van der Waals surface area contributed by atoms with Crippen LogP contribution < -0.4 is 5.32 Å². The average molecular weight is 617 g/mol. The summed E-state index contributed by atoms with van der Waals surface area (Å²) in [6.45, 7) is 6.73. The van der Waals surface area contributed by atoms with Crippen molar-refractivity contribution in [3.63, 3.8) is 0 Å². The first-order valence-electron chi connectivity index (χ1n) is 15.1. The van der Waals surface area contributed by atoms with Gasteiger partial charge in [-0.3, -0.25) is 0 Å². The number of aromatic nitrogens is 2. The van der Waals surface area contributed by atoms with Crippen molar-refractivity contribution in [2.75, 3.05) is 13.1 Å². The third-order valence-electron chi connectivity index (χ3n) is 7.63. The fourth-order valence-electron chi connectivity index (χ4n) is 5.46. The summed E-state index contributed by atoms with van der Waals surface area (Å²) in [6, 6.07) is 21.8. The van der Waals surface area contributed by atoms with Gasteiger partial charge in [0.2, 0.25) is 0 Å². The third kappa shape index (κ3) is 8.47. The highest BCUT2D eigenvalue weighted by Gasteiger charge is 2.35. The number of carbonyl (C=O) groups is 2. The number of imidazole rings is 1. The zero-order chi connectivity index (χ0) is 32.0. The number of alkyl carbamates (subject to hydrolysis) is 1. The second-order valence-electron chi connectivity index (χ2n) is 12.2. The summed E-state index contributed by atoms with van der Waals surface area (Å²) in [5.41, 5.74) is 1.40. The molecule has 0 saturated carbocycles. The van der Waals surface area contributed by atoms with Crippen molar-refractivity contribution < 1.29 is 27.8 Å². The summed E-state index contributed by atoms with van der Waals surface area (Å²) in [4.78, 5) is 32.5. The number of ether oxygens (including phenoxy) is 2. The van der Waals surface area contributed by atoms with Crippen molar-refractivity contribution in [3.05, 3.63) is 114 Å². The van der Waals surface area contributed by atoms with E-state index >= 15 is 0 Å². The Bertz CT molecular complexity index is 1600. The highest BCUT2D eigenvalue weighted by Crippen LogP contribution is 2.34. The summed E-state index contributed by atoms with van der Waals surface area (Å²) in [5.74, 6) is -0.849. The Morgan fingerprint density at radius 3 is 2.24 bits per heavy atom. The Morgan fingerprint density at radius 1 is 0.956 bits per heavy atom. The van der Waals surface area contributed by atoms with Crippen LogP contribution in [-0.2, 0) is 22.6 Å². The van der Waals surface area contributed by atoms with Crippen molar-refractivity contribution in [1.29, 1.82) is 0 Å². The first-order valence-corrected chi connectivity index (χ1v) is 15.1. The van der Waals surface area contributed by atoms with E-state index in [0.29, 0.717) is 38.3 Å². The van der Waals surface area contributed by atoms with Gasteiger partial charge in [0.15, 0.2) is 0 Å². The minimum absolute atomic E-state index is 0.0232. The van der Waals surface area contributed by atoms with Crippen molar-refractivity contribution in [1.82, 2.24) is 19.8 Å². The molecule has 3 aromatic carbocycles. The summed E-state index contributed by atoms with van der Waals surface area (Å²) in [5, 5.41) is 3.02. The standard InChI is InChI=1S/C35H38F2N4O4/c1-35(2,3)45-33(42)39-31(26-16-18-40(19-17-26)34(43)44-23-25-12-8-5-9-13-25)32-38-30(28-20-27(36)14-15-29(28)37)22-41(32)21-24-10-6-4-7-11-24/h4-15,20,22,26,31H,16-19,21,23H2,1-3H3,(H,39,42)/t31-/m1/s1. The molecular formula is C35H38F2N4O4. The van der Waals surface area contributed by atoms with Gasteiger partial charge in [-0.25, -0.2) is 23.4 Å². The van der Waals surface area contributed by atoms with Crippen LogP contribution >= 0.6 is 0 Å². The van der Waals surface area contributed by atoms with Crippen molar-refractivity contribution in [2.24, 2.45) is 5.92 Å². The zero-order valence-corrected chi connectivity index (χ0v) is 25.7. The molecule has 0 radical (unpaired) electrons. The topological polar surface area (TPSA) is 85.7 Å². The van der Waals surface area contributed by atoms with Gasteiger partial charge >= 0.3 is 12.2 Å². The summed E-state index contributed by atoms with van der Waals surface area (Å²) < 4.78 is 42.1. The molecule has 2 heterocycles. The SMILES string of the molecule is CC(C)(C)OC(=O)N[C@@H](c1nc(-c2cc(F)ccc2F)cn1Cc1ccccc1)C1CCN(C(=O)OCc2ccccc2)CC1. The van der Waals surface area contributed by atoms with Crippen LogP contribution in [0.4, 0.5) is 18.4 Å². The molecule has 0 unspecified atom stereocenters. The number of hydrogen-bond acceptors (Lipinski definition) is 5. The fourth-order valence-corrected chi connectivity index (χ4v) is 5.46. The molecule has 4 aromatic rings. The molecule has 5 rings (SSSR count). The molecule has 1 atom stereocenters. The molecule has 10 heteroatoms. The number of amides is 2. The van der Waals surface area contributed by atoms with Crippen LogP contribution in [0.5, 0.6) is 0 Å². The molecular weight excluding hydrogens is 578 g/mol. The number of carbonyl (C=O) groups excluding carboxylic acids is 2. The lowest BCUT2D eigenvalue weighted by Crippen LogP contribution is -2.44. The molecule has 236 valence electrons. The molecule has 1 N–H and O–H groups in total. The van der Waals surface area contributed by atoms with Crippen molar-refractivity contribution in [2.45, 2.75) is 58.4 Å². The van der Waals surface area contributed by atoms with Crippen LogP contribution in [0.15, 0.2) is 85.1 Å². The van der Waals surface area contributed by atoms with Crippen molar-refractivity contribution in [3.8, 4) is 11.3 Å². The third-order valence-corrected chi connectivity index (χ3v) is 7.63. The quantitative estimate of drug-likeness (QED) is 0.222. The predicted octanol–water partition coefficient (Wildman–Crippen LogP) is 7.49. The van der Waals surface area contributed by atoms with Gasteiger partial charge in [0, 0.05) is 31.4 Å². The minimum atomic E-state index is -0.740. The zero-order valence-electron chi connectivity index (χ0n) is 25.7. The van der Waals surface area contributed by atoms with Crippen LogP contribution in [0, 0.1) is 17.6 Å². The Balaban J connectivity index is 1.43. The van der Waals surface area contributed by atoms with E-state index in [0.717, 1.165) is 29.3 Å². The normalized spacial score (nSPS) is 14.6. The molecule has 1 saturated heterocycles. The number of halogens is 2. The second kappa shape index (κ2) is 13.9. The lowest BCUT2D eigenvalue weighted by Gasteiger charge is -2.36. The summed E-state index contributed by atoms with van der Waals surface area (Å²) in [7, 11) is 0. The van der Waals surface area contributed by atoms with Gasteiger partial charge < -0.3 is 24.3 Å². The van der Waals surface area contributed by atoms with E-state index in [9.17, 15) is 18.4 Å². The molecule has 2 amide bonds. The van der Waals surface area contributed by atoms with Crippen LogP contribution in [-0.4, -0.2) is 45.3 Å². The molecule has 8 nitrogen and oxygen atoms in total. The Hall–Kier alpha value is -4.73. The van der Waals surface area contributed by atoms with E-state index in [1.54, 1.807) is 31.9 Å². The van der Waals surface area contributed by atoms with Crippen molar-refractivity contribution >= 4 is 12.2 Å². The number of nitrogens with one attached hydrogen (secondary N) is 1. The maximum atomic E-state index is 14.9. The lowest BCUT2D eigenvalue weighted by molar-refractivity contribution is 0.0442. The smallest absolute Gasteiger partial charge is 0.410 e. The molecule has 1 aliphatic rings. The van der Waals surface area contributed by atoms with Gasteiger partial charge in [0.05, 0.1) is 11.7 Å². The second-order valence-corrected chi connectivity index (χ2v) is 12.2. The maximum Gasteiger partial charge on any atom is 0.410 e. The van der Waals surface area contributed by atoms with Gasteiger partial charge in [0.25, 0.3) is 0 Å². The van der Waals surface area contributed by atoms with Gasteiger partial charge in [-0.2, -0.15) is 0 Å². The monoisotopic (exact) mass is 616 g/mol. The van der Waals surface area contributed by atoms with Crippen LogP contribution in [0.3, 0.4) is 0 Å². The number of piperidine rings is 1. The number of benzene rings is 3. The first-order chi connectivity index (χ1) is 21.6. The average Bonchev–Trinajstić information content (AvgIpc) is 3.43. The Labute approximate surface area is 262 Å². The van der Waals surface area contributed by atoms with E-state index in [1.807, 2.05) is 65.2 Å². The lowest BCUT2D eigenvalue weighted by atomic mass is 9.88. The van der Waals surface area contributed by atoms with Gasteiger partial charge in [-0.05, 0) is 68.9 Å². The van der Waals surface area contributed by atoms with E-state index in [2.05, 4.69) is 5.32 Å². The molecule has 0 spiro atoms. The number of hydrogen-bond donors (Lipinski definition) is 1. The van der Waals surface area contributed by atoms with Gasteiger partial charge in [0.1, 0.15) is 29.7 Å². The van der Waals surface area contributed by atoms with Crippen LogP contribution in [0.1, 0.15) is 56.6 Å². The largest absolute Gasteiger partial charge is 0.445 e. The molecule has 1 fully saturated rings. The van der Waals surface area contributed by atoms with E-state index in [4.69, 9.17) is 14.5 Å². The number of likely N-dealkylation sites (tertiary alicyclic amines) is 1. The highest BCUT2D eigenvalue weighted by atomic mass is 19.1. The summed E-state index contributed by atoms with van der Waals surface area (Å²) in [6.07, 6.45) is 1.75. The number of rotatable bonds is 8. The predicted molar refractivity (Wildman–Crippen MR) is 166 cm³/mol. The van der Waals surface area contributed by atoms with Gasteiger partial charge in [-0.15, -0.1) is 0 Å². The fraction of sp³-hybridized carbons (Fsp3) is 0.343. The molecule has 1 aromatic heterocycles. The molecule has 0 bridgehead atoms. The van der Waals surface area contributed by atoms with Crippen LogP contribution in [0.2, 0.25) is 0 Å². The molecule has 1 aliphatic heterocycles. The number of nitrogens with zero attached hydrogens (tertiary/aromatic N) is 3. The molecule has 0 aliphatic carbocycles. The first kappa shape index (κ1) is 31.7.